The molecular formula is C18H25N5O. The maximum atomic E-state index is 12.8. The molecule has 0 spiro atoms. The molecule has 2 heterocycles. The average molecular weight is 327 g/mol. The zero-order valence-corrected chi connectivity index (χ0v) is 14.6. The maximum Gasteiger partial charge on any atom is 0.229 e. The Bertz CT molecular complexity index is 731. The van der Waals surface area contributed by atoms with Gasteiger partial charge in [-0.05, 0) is 44.7 Å². The van der Waals surface area contributed by atoms with Crippen molar-refractivity contribution in [3.63, 3.8) is 0 Å². The lowest BCUT2D eigenvalue weighted by molar-refractivity contribution is -0.133. The molecule has 0 aliphatic carbocycles. The number of nitrogen functional groups attached to an aromatic ring is 1. The number of hydrogen-bond acceptors (Lipinski definition) is 4. The van der Waals surface area contributed by atoms with E-state index < -0.39 is 0 Å². The van der Waals surface area contributed by atoms with Crippen molar-refractivity contribution < 1.29 is 4.79 Å². The van der Waals surface area contributed by atoms with E-state index in [2.05, 4.69) is 23.1 Å². The first-order valence-electron chi connectivity index (χ1n) is 8.50. The largest absolute Gasteiger partial charge is 0.368 e. The number of benzene rings is 1. The minimum Gasteiger partial charge on any atom is -0.368 e. The Morgan fingerprint density at radius 3 is 2.50 bits per heavy atom. The lowest BCUT2D eigenvalue weighted by atomic mass is 9.94. The van der Waals surface area contributed by atoms with Gasteiger partial charge in [-0.25, -0.2) is 4.68 Å². The van der Waals surface area contributed by atoms with Crippen LogP contribution in [0.1, 0.15) is 48.7 Å². The van der Waals surface area contributed by atoms with E-state index in [9.17, 15) is 4.79 Å². The minimum atomic E-state index is -0.110. The SMILES string of the molecule is Cc1nc(N)n(C2CCN(C(=O)C(C)c3ccccc3C)CC2)n1. The highest BCUT2D eigenvalue weighted by Crippen LogP contribution is 2.27. The lowest BCUT2D eigenvalue weighted by Crippen LogP contribution is -2.41. The fraction of sp³-hybridized carbons (Fsp3) is 0.500. The summed E-state index contributed by atoms with van der Waals surface area (Å²) in [6, 6.07) is 8.33. The molecule has 2 N–H and O–H groups in total. The summed E-state index contributed by atoms with van der Waals surface area (Å²) in [6.45, 7) is 7.36. The molecule has 3 rings (SSSR count). The van der Waals surface area contributed by atoms with Crippen LogP contribution in [0.25, 0.3) is 0 Å². The molecule has 0 bridgehead atoms. The molecule has 0 radical (unpaired) electrons. The normalized spacial score (nSPS) is 17.0. The number of piperidine rings is 1. The van der Waals surface area contributed by atoms with Gasteiger partial charge in [0.25, 0.3) is 0 Å². The predicted molar refractivity (Wildman–Crippen MR) is 93.6 cm³/mol. The summed E-state index contributed by atoms with van der Waals surface area (Å²) in [7, 11) is 0. The molecular weight excluding hydrogens is 302 g/mol. The molecule has 1 amide bonds. The van der Waals surface area contributed by atoms with E-state index in [1.165, 1.54) is 5.56 Å². The molecule has 6 heteroatoms. The third-order valence-corrected chi connectivity index (χ3v) is 4.91. The summed E-state index contributed by atoms with van der Waals surface area (Å²) in [5, 5.41) is 4.38. The molecule has 0 saturated carbocycles. The van der Waals surface area contributed by atoms with E-state index in [0.717, 1.165) is 31.5 Å². The van der Waals surface area contributed by atoms with Gasteiger partial charge in [0, 0.05) is 13.1 Å². The summed E-state index contributed by atoms with van der Waals surface area (Å²) >= 11 is 0. The molecule has 1 aliphatic heterocycles. The summed E-state index contributed by atoms with van der Waals surface area (Å²) < 4.78 is 1.81. The molecule has 1 aromatic heterocycles. The maximum absolute atomic E-state index is 12.8. The zero-order chi connectivity index (χ0) is 17.3. The Kier molecular flexibility index (Phi) is 4.55. The number of aryl methyl sites for hydroxylation is 2. The lowest BCUT2D eigenvalue weighted by Gasteiger charge is -2.34. The van der Waals surface area contributed by atoms with Crippen LogP contribution in [0.4, 0.5) is 5.95 Å². The van der Waals surface area contributed by atoms with Crippen molar-refractivity contribution in [2.24, 2.45) is 0 Å². The van der Waals surface area contributed by atoms with Crippen LogP contribution in [0.5, 0.6) is 0 Å². The molecule has 128 valence electrons. The minimum absolute atomic E-state index is 0.110. The molecule has 1 saturated heterocycles. The molecule has 24 heavy (non-hydrogen) atoms. The molecule has 2 aromatic rings. The molecule has 6 nitrogen and oxygen atoms in total. The Morgan fingerprint density at radius 2 is 1.92 bits per heavy atom. The fourth-order valence-electron chi connectivity index (χ4n) is 3.53. The van der Waals surface area contributed by atoms with Gasteiger partial charge in [-0.15, -0.1) is 0 Å². The van der Waals surface area contributed by atoms with Gasteiger partial charge in [-0.2, -0.15) is 10.1 Å². The number of aromatic nitrogens is 3. The van der Waals surface area contributed by atoms with Gasteiger partial charge < -0.3 is 10.6 Å². The Morgan fingerprint density at radius 1 is 1.25 bits per heavy atom. The monoisotopic (exact) mass is 327 g/mol. The fourth-order valence-corrected chi connectivity index (χ4v) is 3.53. The number of nitrogens with two attached hydrogens (primary N) is 1. The van der Waals surface area contributed by atoms with Crippen molar-refractivity contribution in [2.45, 2.75) is 45.6 Å². The Hall–Kier alpha value is -2.37. The number of rotatable bonds is 3. The summed E-state index contributed by atoms with van der Waals surface area (Å²) in [5.41, 5.74) is 8.19. The number of nitrogens with zero attached hydrogens (tertiary/aromatic N) is 4. The van der Waals surface area contributed by atoms with Crippen molar-refractivity contribution in [2.75, 3.05) is 18.8 Å². The topological polar surface area (TPSA) is 77.0 Å². The van der Waals surface area contributed by atoms with Crippen molar-refractivity contribution in [3.05, 3.63) is 41.2 Å². The second-order valence-corrected chi connectivity index (χ2v) is 6.60. The number of carbonyl (C=O) groups excluding carboxylic acids is 1. The van der Waals surface area contributed by atoms with Gasteiger partial charge in [0.2, 0.25) is 11.9 Å². The van der Waals surface area contributed by atoms with E-state index in [1.54, 1.807) is 0 Å². The molecule has 1 unspecified atom stereocenters. The van der Waals surface area contributed by atoms with Crippen LogP contribution >= 0.6 is 0 Å². The van der Waals surface area contributed by atoms with E-state index in [0.29, 0.717) is 11.8 Å². The second-order valence-electron chi connectivity index (χ2n) is 6.60. The van der Waals surface area contributed by atoms with E-state index >= 15 is 0 Å². The number of likely N-dealkylation sites (tertiary alicyclic amines) is 1. The van der Waals surface area contributed by atoms with Gasteiger partial charge in [0.05, 0.1) is 12.0 Å². The van der Waals surface area contributed by atoms with Crippen LogP contribution in [0.15, 0.2) is 24.3 Å². The number of amides is 1. The third-order valence-electron chi connectivity index (χ3n) is 4.91. The van der Waals surface area contributed by atoms with Gasteiger partial charge in [-0.3, -0.25) is 4.79 Å². The summed E-state index contributed by atoms with van der Waals surface area (Å²) in [5.74, 6) is 1.25. The smallest absolute Gasteiger partial charge is 0.229 e. The number of anilines is 1. The van der Waals surface area contributed by atoms with E-state index in [1.807, 2.05) is 41.6 Å². The standard InChI is InChI=1S/C18H25N5O/c1-12-6-4-5-7-16(12)13(2)17(24)22-10-8-15(9-11-22)23-18(19)20-14(3)21-23/h4-7,13,15H,8-11H2,1-3H3,(H2,19,20,21). The average Bonchev–Trinajstić information content (AvgIpc) is 2.92. The van der Waals surface area contributed by atoms with E-state index in [4.69, 9.17) is 5.73 Å². The molecule has 1 atom stereocenters. The van der Waals surface area contributed by atoms with Crippen molar-refractivity contribution >= 4 is 11.9 Å². The van der Waals surface area contributed by atoms with Crippen LogP contribution in [-0.4, -0.2) is 38.7 Å². The highest BCUT2D eigenvalue weighted by Gasteiger charge is 2.29. The molecule has 1 aliphatic rings. The van der Waals surface area contributed by atoms with Crippen LogP contribution < -0.4 is 5.73 Å². The van der Waals surface area contributed by atoms with Crippen molar-refractivity contribution in [1.82, 2.24) is 19.7 Å². The van der Waals surface area contributed by atoms with Crippen LogP contribution in [0.3, 0.4) is 0 Å². The zero-order valence-electron chi connectivity index (χ0n) is 14.6. The first-order chi connectivity index (χ1) is 11.5. The third kappa shape index (κ3) is 3.13. The van der Waals surface area contributed by atoms with Gasteiger partial charge in [-0.1, -0.05) is 24.3 Å². The van der Waals surface area contributed by atoms with Crippen molar-refractivity contribution in [1.29, 1.82) is 0 Å². The summed E-state index contributed by atoms with van der Waals surface area (Å²) in [6.07, 6.45) is 1.72. The Labute approximate surface area is 142 Å². The first-order valence-corrected chi connectivity index (χ1v) is 8.50. The first kappa shape index (κ1) is 16.5. The van der Waals surface area contributed by atoms with Crippen LogP contribution in [-0.2, 0) is 4.79 Å². The molecule has 1 aromatic carbocycles. The Balaban J connectivity index is 1.65. The van der Waals surface area contributed by atoms with Gasteiger partial charge in [0.1, 0.15) is 5.82 Å². The quantitative estimate of drug-likeness (QED) is 0.939. The van der Waals surface area contributed by atoms with Crippen LogP contribution in [0.2, 0.25) is 0 Å². The number of hydrogen-bond donors (Lipinski definition) is 1. The number of carbonyl (C=O) groups is 1. The van der Waals surface area contributed by atoms with Gasteiger partial charge in [0.15, 0.2) is 0 Å². The van der Waals surface area contributed by atoms with E-state index in [-0.39, 0.29) is 17.9 Å². The van der Waals surface area contributed by atoms with Crippen LogP contribution in [0, 0.1) is 13.8 Å². The summed E-state index contributed by atoms with van der Waals surface area (Å²) in [4.78, 5) is 19.0. The highest BCUT2D eigenvalue weighted by atomic mass is 16.2. The predicted octanol–water partition coefficient (Wildman–Crippen LogP) is 2.44. The molecule has 1 fully saturated rings. The van der Waals surface area contributed by atoms with Gasteiger partial charge >= 0.3 is 0 Å². The second kappa shape index (κ2) is 6.63. The highest BCUT2D eigenvalue weighted by molar-refractivity contribution is 5.83. The van der Waals surface area contributed by atoms with Crippen molar-refractivity contribution in [3.8, 4) is 0 Å².